The van der Waals surface area contributed by atoms with Gasteiger partial charge in [0.15, 0.2) is 0 Å². The van der Waals surface area contributed by atoms with Crippen molar-refractivity contribution in [2.24, 2.45) is 0 Å². The molecule has 0 N–H and O–H groups in total. The van der Waals surface area contributed by atoms with Crippen LogP contribution in [0.2, 0.25) is 0 Å². The number of aryl methyl sites for hydroxylation is 2. The van der Waals surface area contributed by atoms with E-state index in [1.165, 1.54) is 17.5 Å². The van der Waals surface area contributed by atoms with Crippen molar-refractivity contribution in [3.63, 3.8) is 0 Å². The van der Waals surface area contributed by atoms with Crippen LogP contribution in [0.4, 0.5) is 5.69 Å². The van der Waals surface area contributed by atoms with Gasteiger partial charge in [-0.2, -0.15) is 0 Å². The number of hydrogen-bond donors (Lipinski definition) is 0. The third-order valence-corrected chi connectivity index (χ3v) is 3.13. The normalized spacial score (nSPS) is 10.7. The number of thiophene rings is 1. The summed E-state index contributed by atoms with van der Waals surface area (Å²) in [5, 5.41) is 11.6. The topological polar surface area (TPSA) is 56.0 Å². The Morgan fingerprint density at radius 2 is 2.21 bits per heavy atom. The number of pyridine rings is 1. The van der Waals surface area contributed by atoms with Crippen molar-refractivity contribution in [1.82, 2.24) is 4.98 Å². The van der Waals surface area contributed by atoms with E-state index in [2.05, 4.69) is 4.98 Å². The summed E-state index contributed by atoms with van der Waals surface area (Å²) in [6.45, 7) is 3.80. The second kappa shape index (κ2) is 3.02. The molecular formula is C9H8N2O2S. The molecule has 0 saturated carbocycles. The van der Waals surface area contributed by atoms with Crippen LogP contribution in [0.25, 0.3) is 10.1 Å². The van der Waals surface area contributed by atoms with Crippen molar-refractivity contribution in [3.05, 3.63) is 32.9 Å². The van der Waals surface area contributed by atoms with Crippen LogP contribution in [0.1, 0.15) is 10.6 Å². The highest BCUT2D eigenvalue weighted by Gasteiger charge is 2.16. The van der Waals surface area contributed by atoms with E-state index in [-0.39, 0.29) is 10.6 Å². The van der Waals surface area contributed by atoms with E-state index < -0.39 is 0 Å². The van der Waals surface area contributed by atoms with Crippen LogP contribution >= 0.6 is 11.3 Å². The van der Waals surface area contributed by atoms with Gasteiger partial charge >= 0.3 is 5.69 Å². The monoisotopic (exact) mass is 208 g/mol. The van der Waals surface area contributed by atoms with Crippen LogP contribution in [0.15, 0.2) is 12.3 Å². The average molecular weight is 208 g/mol. The Labute approximate surface area is 84.4 Å². The van der Waals surface area contributed by atoms with Gasteiger partial charge in [-0.3, -0.25) is 15.1 Å². The van der Waals surface area contributed by atoms with Crippen molar-refractivity contribution < 1.29 is 4.92 Å². The van der Waals surface area contributed by atoms with Crippen LogP contribution in [0, 0.1) is 24.0 Å². The smallest absolute Gasteiger partial charge is 0.258 e. The third kappa shape index (κ3) is 1.26. The lowest BCUT2D eigenvalue weighted by molar-refractivity contribution is -0.383. The van der Waals surface area contributed by atoms with E-state index in [9.17, 15) is 10.1 Å². The molecule has 0 aliphatic rings. The Bertz CT molecular complexity index is 519. The van der Waals surface area contributed by atoms with Gasteiger partial charge in [0, 0.05) is 16.0 Å². The third-order valence-electron chi connectivity index (χ3n) is 2.05. The van der Waals surface area contributed by atoms with Crippen LogP contribution in [-0.4, -0.2) is 9.91 Å². The van der Waals surface area contributed by atoms with Gasteiger partial charge in [0.1, 0.15) is 10.9 Å². The fourth-order valence-electron chi connectivity index (χ4n) is 1.39. The first-order valence-electron chi connectivity index (χ1n) is 4.09. The Kier molecular flexibility index (Phi) is 1.96. The van der Waals surface area contributed by atoms with Crippen LogP contribution in [0.5, 0.6) is 0 Å². The molecule has 2 aromatic heterocycles. The molecule has 0 aliphatic heterocycles. The van der Waals surface area contributed by atoms with Gasteiger partial charge in [0.05, 0.1) is 4.92 Å². The zero-order valence-corrected chi connectivity index (χ0v) is 8.59. The summed E-state index contributed by atoms with van der Waals surface area (Å²) in [5.74, 6) is 0. The number of nitro groups is 1. The van der Waals surface area contributed by atoms with Gasteiger partial charge in [-0.15, -0.1) is 11.3 Å². The maximum atomic E-state index is 10.7. The zero-order chi connectivity index (χ0) is 10.3. The molecule has 2 aromatic rings. The van der Waals surface area contributed by atoms with Crippen molar-refractivity contribution in [2.45, 2.75) is 13.8 Å². The second-order valence-electron chi connectivity index (χ2n) is 3.09. The van der Waals surface area contributed by atoms with Gasteiger partial charge < -0.3 is 0 Å². The largest absolute Gasteiger partial charge is 0.305 e. The van der Waals surface area contributed by atoms with Crippen molar-refractivity contribution in [1.29, 1.82) is 0 Å². The van der Waals surface area contributed by atoms with Crippen molar-refractivity contribution >= 4 is 27.1 Å². The van der Waals surface area contributed by atoms with E-state index in [0.29, 0.717) is 0 Å². The summed E-state index contributed by atoms with van der Waals surface area (Å²) in [6.07, 6.45) is 1.33. The summed E-state index contributed by atoms with van der Waals surface area (Å²) < 4.78 is 0.722. The number of hydrogen-bond acceptors (Lipinski definition) is 4. The zero-order valence-electron chi connectivity index (χ0n) is 7.77. The highest BCUT2D eigenvalue weighted by Crippen LogP contribution is 2.33. The molecule has 14 heavy (non-hydrogen) atoms. The second-order valence-corrected chi connectivity index (χ2v) is 4.34. The summed E-state index contributed by atoms with van der Waals surface area (Å²) >= 11 is 1.44. The van der Waals surface area contributed by atoms with Gasteiger partial charge in [-0.25, -0.2) is 0 Å². The molecule has 0 radical (unpaired) electrons. The van der Waals surface area contributed by atoms with E-state index in [0.717, 1.165) is 20.7 Å². The number of rotatable bonds is 1. The molecule has 72 valence electrons. The van der Waals surface area contributed by atoms with Gasteiger partial charge in [-0.05, 0) is 19.9 Å². The molecule has 4 nitrogen and oxygen atoms in total. The Morgan fingerprint density at radius 3 is 2.86 bits per heavy atom. The quantitative estimate of drug-likeness (QED) is 0.534. The molecule has 0 atom stereocenters. The van der Waals surface area contributed by atoms with Gasteiger partial charge in [-0.1, -0.05) is 0 Å². The molecule has 0 fully saturated rings. The Balaban J connectivity index is 2.87. The molecular weight excluding hydrogens is 200 g/mol. The standard InChI is InChI=1S/C9H8N2O2S/c1-5-3-7-6(2)10-4-8(11(12)13)9(7)14-5/h3-4H,1-2H3. The Hall–Kier alpha value is -1.49. The minimum atomic E-state index is -0.384. The van der Waals surface area contributed by atoms with E-state index in [4.69, 9.17) is 0 Å². The minimum absolute atomic E-state index is 0.101. The van der Waals surface area contributed by atoms with Gasteiger partial charge in [0.25, 0.3) is 0 Å². The first-order valence-corrected chi connectivity index (χ1v) is 4.91. The molecule has 0 spiro atoms. The lowest BCUT2D eigenvalue weighted by Crippen LogP contribution is -1.90. The van der Waals surface area contributed by atoms with Crippen molar-refractivity contribution in [3.8, 4) is 0 Å². The number of fused-ring (bicyclic) bond motifs is 1. The lowest BCUT2D eigenvalue weighted by atomic mass is 10.2. The summed E-state index contributed by atoms with van der Waals surface area (Å²) in [7, 11) is 0. The van der Waals surface area contributed by atoms with E-state index in [1.54, 1.807) is 0 Å². The number of nitrogens with zero attached hydrogens (tertiary/aromatic N) is 2. The molecule has 2 heterocycles. The lowest BCUT2D eigenvalue weighted by Gasteiger charge is -1.95. The summed E-state index contributed by atoms with van der Waals surface area (Å²) in [6, 6.07) is 1.94. The van der Waals surface area contributed by atoms with E-state index >= 15 is 0 Å². The highest BCUT2D eigenvalue weighted by atomic mass is 32.1. The van der Waals surface area contributed by atoms with Crippen molar-refractivity contribution in [2.75, 3.05) is 0 Å². The molecule has 2 rings (SSSR count). The minimum Gasteiger partial charge on any atom is -0.258 e. The molecule has 0 bridgehead atoms. The average Bonchev–Trinajstić information content (AvgIpc) is 2.47. The van der Waals surface area contributed by atoms with Crippen LogP contribution < -0.4 is 0 Å². The fraction of sp³-hybridized carbons (Fsp3) is 0.222. The number of aromatic nitrogens is 1. The predicted octanol–water partition coefficient (Wildman–Crippen LogP) is 2.82. The highest BCUT2D eigenvalue weighted by molar-refractivity contribution is 7.19. The molecule has 0 saturated heterocycles. The molecule has 0 unspecified atom stereocenters. The van der Waals surface area contributed by atoms with Gasteiger partial charge in [0.2, 0.25) is 0 Å². The molecule has 0 amide bonds. The first kappa shape index (κ1) is 9.08. The predicted molar refractivity (Wildman–Crippen MR) is 55.7 cm³/mol. The summed E-state index contributed by atoms with van der Waals surface area (Å²) in [4.78, 5) is 15.4. The molecule has 0 aliphatic carbocycles. The summed E-state index contributed by atoms with van der Waals surface area (Å²) in [5.41, 5.74) is 0.943. The maximum absolute atomic E-state index is 10.7. The van der Waals surface area contributed by atoms with Crippen LogP contribution in [0.3, 0.4) is 0 Å². The molecule has 5 heteroatoms. The van der Waals surface area contributed by atoms with E-state index in [1.807, 2.05) is 19.9 Å². The fourth-order valence-corrected chi connectivity index (χ4v) is 2.44. The Morgan fingerprint density at radius 1 is 1.50 bits per heavy atom. The maximum Gasteiger partial charge on any atom is 0.305 e. The SMILES string of the molecule is Cc1cc2c(C)ncc([N+](=O)[O-])c2s1. The van der Waals surface area contributed by atoms with Crippen LogP contribution in [-0.2, 0) is 0 Å². The molecule has 0 aromatic carbocycles. The first-order chi connectivity index (χ1) is 6.59.